The Labute approximate surface area is 146 Å². The number of aliphatic hydroxyl groups excluding tert-OH is 1. The van der Waals surface area contributed by atoms with Gasteiger partial charge in [-0.3, -0.25) is 4.79 Å². The molecule has 1 aliphatic heterocycles. The van der Waals surface area contributed by atoms with E-state index >= 15 is 0 Å². The third kappa shape index (κ3) is 4.46. The van der Waals surface area contributed by atoms with Crippen molar-refractivity contribution in [2.45, 2.75) is 25.1 Å². The van der Waals surface area contributed by atoms with E-state index in [1.807, 2.05) is 24.3 Å². The fourth-order valence-electron chi connectivity index (χ4n) is 2.65. The lowest BCUT2D eigenvalue weighted by molar-refractivity contribution is -0.123. The number of methoxy groups -OCH3 is 1. The third-order valence-corrected chi connectivity index (χ3v) is 3.98. The second-order valence-electron chi connectivity index (χ2n) is 5.82. The SMILES string of the molecule is COc1cccc(Oc2ncccc2CNC(=O)C2CC(O)CN2)c1. The Morgan fingerprint density at radius 3 is 2.96 bits per heavy atom. The second-order valence-corrected chi connectivity index (χ2v) is 5.82. The normalized spacial score (nSPS) is 19.4. The van der Waals surface area contributed by atoms with Crippen molar-refractivity contribution in [3.63, 3.8) is 0 Å². The van der Waals surface area contributed by atoms with Gasteiger partial charge in [-0.1, -0.05) is 12.1 Å². The van der Waals surface area contributed by atoms with Crippen molar-refractivity contribution in [3.05, 3.63) is 48.2 Å². The maximum Gasteiger partial charge on any atom is 0.237 e. The van der Waals surface area contributed by atoms with Crippen molar-refractivity contribution < 1.29 is 19.4 Å². The fourth-order valence-corrected chi connectivity index (χ4v) is 2.65. The van der Waals surface area contributed by atoms with Crippen LogP contribution in [0.15, 0.2) is 42.6 Å². The number of carbonyl (C=O) groups excluding carboxylic acids is 1. The summed E-state index contributed by atoms with van der Waals surface area (Å²) in [7, 11) is 1.59. The first-order valence-corrected chi connectivity index (χ1v) is 8.10. The van der Waals surface area contributed by atoms with E-state index in [0.29, 0.717) is 36.9 Å². The fraction of sp³-hybridized carbons (Fsp3) is 0.333. The van der Waals surface area contributed by atoms with Crippen molar-refractivity contribution in [3.8, 4) is 17.4 Å². The molecule has 2 unspecified atom stereocenters. The van der Waals surface area contributed by atoms with Gasteiger partial charge in [-0.2, -0.15) is 0 Å². The summed E-state index contributed by atoms with van der Waals surface area (Å²) in [6.07, 6.45) is 1.59. The van der Waals surface area contributed by atoms with Gasteiger partial charge in [0.1, 0.15) is 11.5 Å². The van der Waals surface area contributed by atoms with Crippen LogP contribution in [-0.4, -0.2) is 41.8 Å². The topological polar surface area (TPSA) is 92.7 Å². The lowest BCUT2D eigenvalue weighted by Crippen LogP contribution is -2.40. The number of nitrogens with one attached hydrogen (secondary N) is 2. The molecule has 132 valence electrons. The molecule has 1 aliphatic rings. The van der Waals surface area contributed by atoms with Crippen molar-refractivity contribution in [2.75, 3.05) is 13.7 Å². The summed E-state index contributed by atoms with van der Waals surface area (Å²) >= 11 is 0. The van der Waals surface area contributed by atoms with E-state index < -0.39 is 6.10 Å². The first kappa shape index (κ1) is 17.2. The first-order chi connectivity index (χ1) is 12.2. The average Bonchev–Trinajstić information content (AvgIpc) is 3.07. The summed E-state index contributed by atoms with van der Waals surface area (Å²) in [6.45, 7) is 0.732. The summed E-state index contributed by atoms with van der Waals surface area (Å²) < 4.78 is 11.0. The molecule has 0 aliphatic carbocycles. The van der Waals surface area contributed by atoms with Crippen LogP contribution in [0.3, 0.4) is 0 Å². The van der Waals surface area contributed by atoms with Crippen molar-refractivity contribution in [1.82, 2.24) is 15.6 Å². The van der Waals surface area contributed by atoms with Crippen LogP contribution >= 0.6 is 0 Å². The minimum Gasteiger partial charge on any atom is -0.497 e. The largest absolute Gasteiger partial charge is 0.497 e. The zero-order valence-electron chi connectivity index (χ0n) is 13.9. The van der Waals surface area contributed by atoms with Crippen LogP contribution in [0.25, 0.3) is 0 Å². The number of rotatable bonds is 6. The Morgan fingerprint density at radius 2 is 2.20 bits per heavy atom. The highest BCUT2D eigenvalue weighted by Crippen LogP contribution is 2.26. The molecule has 1 saturated heterocycles. The average molecular weight is 343 g/mol. The van der Waals surface area contributed by atoms with Crippen molar-refractivity contribution in [1.29, 1.82) is 0 Å². The Bertz CT molecular complexity index is 738. The van der Waals surface area contributed by atoms with Gasteiger partial charge in [-0.15, -0.1) is 0 Å². The molecule has 1 amide bonds. The van der Waals surface area contributed by atoms with E-state index in [1.165, 1.54) is 0 Å². The van der Waals surface area contributed by atoms with E-state index in [4.69, 9.17) is 9.47 Å². The van der Waals surface area contributed by atoms with Crippen LogP contribution < -0.4 is 20.1 Å². The maximum atomic E-state index is 12.2. The number of pyridine rings is 1. The second kappa shape index (κ2) is 7.96. The Balaban J connectivity index is 1.65. The standard InChI is InChI=1S/C18H21N3O4/c1-24-14-5-2-6-15(9-14)25-18-12(4-3-7-19-18)10-21-17(23)16-8-13(22)11-20-16/h2-7,9,13,16,20,22H,8,10-11H2,1H3,(H,21,23). The van der Waals surface area contributed by atoms with Crippen molar-refractivity contribution >= 4 is 5.91 Å². The number of amides is 1. The summed E-state index contributed by atoms with van der Waals surface area (Å²) in [5.41, 5.74) is 0.761. The van der Waals surface area contributed by atoms with E-state index in [2.05, 4.69) is 15.6 Å². The number of nitrogens with zero attached hydrogens (tertiary/aromatic N) is 1. The van der Waals surface area contributed by atoms with Gasteiger partial charge in [0.25, 0.3) is 0 Å². The number of aromatic nitrogens is 1. The van der Waals surface area contributed by atoms with Crippen LogP contribution in [0.2, 0.25) is 0 Å². The minimum absolute atomic E-state index is 0.146. The molecule has 2 aromatic rings. The Morgan fingerprint density at radius 1 is 1.36 bits per heavy atom. The number of carbonyl (C=O) groups is 1. The molecule has 7 heteroatoms. The highest BCUT2D eigenvalue weighted by Gasteiger charge is 2.27. The lowest BCUT2D eigenvalue weighted by Gasteiger charge is -2.13. The molecule has 7 nitrogen and oxygen atoms in total. The van der Waals surface area contributed by atoms with Gasteiger partial charge in [-0.05, 0) is 24.6 Å². The molecule has 3 N–H and O–H groups in total. The summed E-state index contributed by atoms with van der Waals surface area (Å²) in [4.78, 5) is 16.4. The quantitative estimate of drug-likeness (QED) is 0.730. The van der Waals surface area contributed by atoms with Crippen LogP contribution in [-0.2, 0) is 11.3 Å². The molecular formula is C18H21N3O4. The first-order valence-electron chi connectivity index (χ1n) is 8.10. The zero-order valence-corrected chi connectivity index (χ0v) is 13.9. The minimum atomic E-state index is -0.471. The van der Waals surface area contributed by atoms with Crippen LogP contribution in [0, 0.1) is 0 Å². The predicted octanol–water partition coefficient (Wildman–Crippen LogP) is 1.22. The number of hydrogen-bond acceptors (Lipinski definition) is 6. The van der Waals surface area contributed by atoms with E-state index in [9.17, 15) is 9.90 Å². The molecule has 2 atom stereocenters. The molecule has 25 heavy (non-hydrogen) atoms. The van der Waals surface area contributed by atoms with Crippen LogP contribution in [0.1, 0.15) is 12.0 Å². The highest BCUT2D eigenvalue weighted by molar-refractivity contribution is 5.82. The number of benzene rings is 1. The maximum absolute atomic E-state index is 12.2. The van der Waals surface area contributed by atoms with Gasteiger partial charge in [0.2, 0.25) is 11.8 Å². The summed E-state index contributed by atoms with van der Waals surface area (Å²) in [5.74, 6) is 1.57. The Kier molecular flexibility index (Phi) is 5.47. The molecular weight excluding hydrogens is 322 g/mol. The number of aliphatic hydroxyl groups is 1. The van der Waals surface area contributed by atoms with E-state index in [1.54, 1.807) is 25.4 Å². The third-order valence-electron chi connectivity index (χ3n) is 3.98. The molecule has 3 rings (SSSR count). The zero-order chi connectivity index (χ0) is 17.6. The highest BCUT2D eigenvalue weighted by atomic mass is 16.5. The summed E-state index contributed by atoms with van der Waals surface area (Å²) in [5, 5.41) is 15.3. The molecule has 1 fully saturated rings. The molecule has 2 heterocycles. The Hall–Kier alpha value is -2.64. The van der Waals surface area contributed by atoms with E-state index in [-0.39, 0.29) is 11.9 Å². The van der Waals surface area contributed by atoms with Gasteiger partial charge in [-0.25, -0.2) is 4.98 Å². The number of ether oxygens (including phenoxy) is 2. The predicted molar refractivity (Wildman–Crippen MR) is 91.6 cm³/mol. The van der Waals surface area contributed by atoms with Crippen LogP contribution in [0.5, 0.6) is 17.4 Å². The van der Waals surface area contributed by atoms with Gasteiger partial charge >= 0.3 is 0 Å². The molecule has 1 aromatic carbocycles. The molecule has 0 bridgehead atoms. The van der Waals surface area contributed by atoms with Crippen LogP contribution in [0.4, 0.5) is 0 Å². The summed E-state index contributed by atoms with van der Waals surface area (Å²) in [6, 6.07) is 10.5. The number of β-amino-alcohol motifs (C(OH)–C–C–N with tert-alkyl or cyclic N) is 1. The van der Waals surface area contributed by atoms with Gasteiger partial charge in [0.15, 0.2) is 0 Å². The van der Waals surface area contributed by atoms with E-state index in [0.717, 1.165) is 5.56 Å². The van der Waals surface area contributed by atoms with Gasteiger partial charge in [0.05, 0.1) is 19.3 Å². The van der Waals surface area contributed by atoms with Gasteiger partial charge in [0, 0.05) is 30.9 Å². The smallest absolute Gasteiger partial charge is 0.237 e. The monoisotopic (exact) mass is 343 g/mol. The number of hydrogen-bond donors (Lipinski definition) is 3. The molecule has 0 radical (unpaired) electrons. The lowest BCUT2D eigenvalue weighted by atomic mass is 10.2. The molecule has 0 spiro atoms. The van der Waals surface area contributed by atoms with Crippen molar-refractivity contribution in [2.24, 2.45) is 0 Å². The molecule has 0 saturated carbocycles. The van der Waals surface area contributed by atoms with Gasteiger partial charge < -0.3 is 25.2 Å². The molecule has 1 aromatic heterocycles.